The summed E-state index contributed by atoms with van der Waals surface area (Å²) in [6.07, 6.45) is 1.69. The van der Waals surface area contributed by atoms with Gasteiger partial charge in [-0.15, -0.1) is 0 Å². The topological polar surface area (TPSA) is 42.8 Å². The van der Waals surface area contributed by atoms with Crippen LogP contribution in [0.1, 0.15) is 25.0 Å². The van der Waals surface area contributed by atoms with Crippen LogP contribution in [0.2, 0.25) is 10.0 Å². The van der Waals surface area contributed by atoms with Crippen molar-refractivity contribution in [1.82, 2.24) is 5.43 Å². The number of nitrogens with one attached hydrogen (secondary N) is 1. The fourth-order valence-electron chi connectivity index (χ4n) is 2.07. The smallest absolute Gasteiger partial charge is 0.179 e. The Bertz CT molecular complexity index is 688. The largest absolute Gasteiger partial charge is 0.490 e. The molecule has 0 atom stereocenters. The first-order valence-corrected chi connectivity index (χ1v) is 8.49. The first kappa shape index (κ1) is 18.4. The lowest BCUT2D eigenvalue weighted by Crippen LogP contribution is -2.05. The van der Waals surface area contributed by atoms with Crippen LogP contribution in [0, 0.1) is 0 Å². The van der Waals surface area contributed by atoms with Crippen LogP contribution in [0.4, 0.5) is 0 Å². The minimum atomic E-state index is 0.502. The molecular weight excluding hydrogens is 347 g/mol. The average Bonchev–Trinajstić information content (AvgIpc) is 2.57. The molecule has 0 fully saturated rings. The second kappa shape index (κ2) is 9.40. The highest BCUT2D eigenvalue weighted by Gasteiger charge is 2.11. The van der Waals surface area contributed by atoms with Crippen molar-refractivity contribution < 1.29 is 9.47 Å². The van der Waals surface area contributed by atoms with Crippen molar-refractivity contribution in [3.8, 4) is 11.5 Å². The molecule has 0 radical (unpaired) electrons. The van der Waals surface area contributed by atoms with Crippen molar-refractivity contribution in [3.05, 3.63) is 57.6 Å². The monoisotopic (exact) mass is 366 g/mol. The van der Waals surface area contributed by atoms with Crippen LogP contribution < -0.4 is 14.9 Å². The SMILES string of the molecule is CCOc1cc(/C=N\NCc2ccc(Cl)cc2)cc(Cl)c1OCC. The maximum Gasteiger partial charge on any atom is 0.179 e. The molecule has 2 aromatic carbocycles. The minimum absolute atomic E-state index is 0.502. The summed E-state index contributed by atoms with van der Waals surface area (Å²) in [6, 6.07) is 11.2. The molecule has 0 spiro atoms. The molecule has 0 aliphatic carbocycles. The van der Waals surface area contributed by atoms with Gasteiger partial charge in [-0.3, -0.25) is 0 Å². The standard InChI is InChI=1S/C18H20Cl2N2O2/c1-3-23-17-10-14(9-16(20)18(17)24-4-2)12-22-21-11-13-5-7-15(19)8-6-13/h5-10,12,21H,3-4,11H2,1-2H3/b22-12-. The number of hydrogen-bond donors (Lipinski definition) is 1. The van der Waals surface area contributed by atoms with E-state index in [1.807, 2.05) is 44.2 Å². The Morgan fingerprint density at radius 2 is 1.75 bits per heavy atom. The van der Waals surface area contributed by atoms with Gasteiger partial charge in [0, 0.05) is 5.02 Å². The maximum atomic E-state index is 6.27. The first-order valence-electron chi connectivity index (χ1n) is 7.73. The lowest BCUT2D eigenvalue weighted by molar-refractivity contribution is 0.288. The highest BCUT2D eigenvalue weighted by Crippen LogP contribution is 2.36. The van der Waals surface area contributed by atoms with E-state index in [1.54, 1.807) is 12.3 Å². The van der Waals surface area contributed by atoms with Crippen LogP contribution in [0.25, 0.3) is 0 Å². The lowest BCUT2D eigenvalue weighted by atomic mass is 10.2. The van der Waals surface area contributed by atoms with E-state index in [2.05, 4.69) is 10.5 Å². The van der Waals surface area contributed by atoms with Gasteiger partial charge in [-0.1, -0.05) is 35.3 Å². The third-order valence-corrected chi connectivity index (χ3v) is 3.65. The van der Waals surface area contributed by atoms with Gasteiger partial charge in [0.25, 0.3) is 0 Å². The highest BCUT2D eigenvalue weighted by molar-refractivity contribution is 6.32. The summed E-state index contributed by atoms with van der Waals surface area (Å²) in [7, 11) is 0. The molecule has 6 heteroatoms. The fraction of sp³-hybridized carbons (Fsp3) is 0.278. The van der Waals surface area contributed by atoms with Gasteiger partial charge >= 0.3 is 0 Å². The minimum Gasteiger partial charge on any atom is -0.490 e. The van der Waals surface area contributed by atoms with Gasteiger partial charge in [-0.25, -0.2) is 0 Å². The Morgan fingerprint density at radius 3 is 2.42 bits per heavy atom. The molecule has 0 bridgehead atoms. The highest BCUT2D eigenvalue weighted by atomic mass is 35.5. The van der Waals surface area contributed by atoms with E-state index < -0.39 is 0 Å². The van der Waals surface area contributed by atoms with Gasteiger partial charge in [-0.2, -0.15) is 5.10 Å². The molecule has 0 amide bonds. The van der Waals surface area contributed by atoms with Crippen molar-refractivity contribution >= 4 is 29.4 Å². The zero-order valence-electron chi connectivity index (χ0n) is 13.7. The molecular formula is C18H20Cl2N2O2. The summed E-state index contributed by atoms with van der Waals surface area (Å²) in [4.78, 5) is 0. The molecule has 4 nitrogen and oxygen atoms in total. The molecule has 1 N–H and O–H groups in total. The zero-order chi connectivity index (χ0) is 17.4. The number of rotatable bonds is 8. The van der Waals surface area contributed by atoms with E-state index in [0.717, 1.165) is 16.1 Å². The third kappa shape index (κ3) is 5.32. The van der Waals surface area contributed by atoms with E-state index in [1.165, 1.54) is 0 Å². The molecule has 0 saturated carbocycles. The zero-order valence-corrected chi connectivity index (χ0v) is 15.2. The number of hydrazone groups is 1. The van der Waals surface area contributed by atoms with E-state index >= 15 is 0 Å². The van der Waals surface area contributed by atoms with Crippen LogP contribution in [-0.2, 0) is 6.54 Å². The number of nitrogens with zero attached hydrogens (tertiary/aromatic N) is 1. The predicted octanol–water partition coefficient (Wildman–Crippen LogP) is 4.91. The Balaban J connectivity index is 2.04. The first-order chi connectivity index (χ1) is 11.6. The van der Waals surface area contributed by atoms with E-state index in [-0.39, 0.29) is 0 Å². The second-order valence-electron chi connectivity index (χ2n) is 4.92. The van der Waals surface area contributed by atoms with Crippen molar-refractivity contribution in [1.29, 1.82) is 0 Å². The Kier molecular flexibility index (Phi) is 7.22. The Hall–Kier alpha value is -1.91. The average molecular weight is 367 g/mol. The van der Waals surface area contributed by atoms with Crippen molar-refractivity contribution in [2.45, 2.75) is 20.4 Å². The van der Waals surface area contributed by atoms with Crippen molar-refractivity contribution in [2.24, 2.45) is 5.10 Å². The molecule has 0 saturated heterocycles. The summed E-state index contributed by atoms with van der Waals surface area (Å²) < 4.78 is 11.1. The lowest BCUT2D eigenvalue weighted by Gasteiger charge is -2.13. The molecule has 0 aliphatic heterocycles. The van der Waals surface area contributed by atoms with Gasteiger partial charge in [0.2, 0.25) is 0 Å². The summed E-state index contributed by atoms with van der Waals surface area (Å²) in [5.41, 5.74) is 4.91. The molecule has 2 rings (SSSR count). The summed E-state index contributed by atoms with van der Waals surface area (Å²) in [5.74, 6) is 1.18. The number of benzene rings is 2. The van der Waals surface area contributed by atoms with Gasteiger partial charge in [0.05, 0.1) is 31.0 Å². The molecule has 0 heterocycles. The van der Waals surface area contributed by atoms with E-state index in [0.29, 0.717) is 36.3 Å². The van der Waals surface area contributed by atoms with Gasteiger partial charge in [0.15, 0.2) is 11.5 Å². The molecule has 0 aliphatic rings. The van der Waals surface area contributed by atoms with Gasteiger partial charge < -0.3 is 14.9 Å². The summed E-state index contributed by atoms with van der Waals surface area (Å²) >= 11 is 12.1. The quantitative estimate of drug-likeness (QED) is 0.532. The predicted molar refractivity (Wildman–Crippen MR) is 99.7 cm³/mol. The molecule has 0 unspecified atom stereocenters. The number of halogens is 2. The van der Waals surface area contributed by atoms with Crippen molar-refractivity contribution in [2.75, 3.05) is 13.2 Å². The molecule has 0 aromatic heterocycles. The Morgan fingerprint density at radius 1 is 1.04 bits per heavy atom. The molecule has 2 aromatic rings. The number of hydrogen-bond acceptors (Lipinski definition) is 4. The summed E-state index contributed by atoms with van der Waals surface area (Å²) in [6.45, 7) is 5.48. The fourth-order valence-corrected chi connectivity index (χ4v) is 2.47. The normalized spacial score (nSPS) is 10.8. The van der Waals surface area contributed by atoms with Crippen LogP contribution in [-0.4, -0.2) is 19.4 Å². The van der Waals surface area contributed by atoms with Crippen molar-refractivity contribution in [3.63, 3.8) is 0 Å². The van der Waals surface area contributed by atoms with Gasteiger partial charge in [-0.05, 0) is 49.2 Å². The molecule has 128 valence electrons. The van der Waals surface area contributed by atoms with E-state index in [9.17, 15) is 0 Å². The van der Waals surface area contributed by atoms with Crippen LogP contribution in [0.15, 0.2) is 41.5 Å². The van der Waals surface area contributed by atoms with Crippen LogP contribution >= 0.6 is 23.2 Å². The van der Waals surface area contributed by atoms with Crippen LogP contribution in [0.3, 0.4) is 0 Å². The second-order valence-corrected chi connectivity index (χ2v) is 5.76. The molecule has 24 heavy (non-hydrogen) atoms. The van der Waals surface area contributed by atoms with E-state index in [4.69, 9.17) is 32.7 Å². The Labute approximate surface area is 152 Å². The van der Waals surface area contributed by atoms with Crippen LogP contribution in [0.5, 0.6) is 11.5 Å². The van der Waals surface area contributed by atoms with Gasteiger partial charge in [0.1, 0.15) is 0 Å². The third-order valence-electron chi connectivity index (χ3n) is 3.12. The maximum absolute atomic E-state index is 6.27. The number of ether oxygens (including phenoxy) is 2. The summed E-state index contributed by atoms with van der Waals surface area (Å²) in [5, 5.41) is 5.43.